The smallest absolute Gasteiger partial charge is 0 e. The van der Waals surface area contributed by atoms with E-state index >= 15 is 0 Å². The van der Waals surface area contributed by atoms with Gasteiger partial charge in [0, 0.05) is 16.8 Å². The molecule has 0 aromatic carbocycles. The summed E-state index contributed by atoms with van der Waals surface area (Å²) >= 11 is 0. The zero-order chi connectivity index (χ0) is 5.98. The maximum atomic E-state index is 4.14. The fourth-order valence-corrected chi connectivity index (χ4v) is 0.626. The van der Waals surface area contributed by atoms with Crippen LogP contribution in [-0.2, 0) is 16.8 Å². The van der Waals surface area contributed by atoms with Crippen molar-refractivity contribution in [2.45, 2.75) is 13.8 Å². The Morgan fingerprint density at radius 3 is 1.89 bits per heavy atom. The van der Waals surface area contributed by atoms with Crippen LogP contribution in [0.4, 0.5) is 0 Å². The van der Waals surface area contributed by atoms with Gasteiger partial charge in [0.25, 0.3) is 0 Å². The van der Waals surface area contributed by atoms with Gasteiger partial charge in [0.15, 0.2) is 0 Å². The van der Waals surface area contributed by atoms with Crippen molar-refractivity contribution in [2.75, 3.05) is 0 Å². The maximum Gasteiger partial charge on any atom is 0 e. The Morgan fingerprint density at radius 1 is 1.22 bits per heavy atom. The second kappa shape index (κ2) is 3.64. The number of aromatic nitrogens is 1. The third kappa shape index (κ3) is 2.63. The van der Waals surface area contributed by atoms with Crippen LogP contribution in [-0.4, -0.2) is 4.98 Å². The molecule has 0 N–H and O–H groups in total. The van der Waals surface area contributed by atoms with E-state index in [9.17, 15) is 0 Å². The van der Waals surface area contributed by atoms with E-state index in [4.69, 9.17) is 0 Å². The molecule has 1 rings (SSSR count). The molecule has 0 saturated carbocycles. The van der Waals surface area contributed by atoms with Crippen molar-refractivity contribution in [3.05, 3.63) is 29.6 Å². The number of hydrogen-bond donors (Lipinski definition) is 0. The molecule has 0 amide bonds. The Kier molecular flexibility index (Phi) is 3.50. The molecule has 1 nitrogen and oxygen atoms in total. The van der Waals surface area contributed by atoms with Crippen LogP contribution in [0.2, 0.25) is 0 Å². The van der Waals surface area contributed by atoms with Gasteiger partial charge in [-0.1, -0.05) is 25.2 Å². The van der Waals surface area contributed by atoms with Crippen LogP contribution in [0.15, 0.2) is 12.1 Å². The first kappa shape index (κ1) is 8.66. The average Bonchev–Trinajstić information content (AvgIpc) is 1.64. The van der Waals surface area contributed by atoms with Gasteiger partial charge >= 0.3 is 0 Å². The minimum atomic E-state index is 0. The van der Waals surface area contributed by atoms with E-state index < -0.39 is 0 Å². The van der Waals surface area contributed by atoms with Gasteiger partial charge in [0.05, 0.1) is 0 Å². The number of aryl methyl sites for hydroxylation is 2. The summed E-state index contributed by atoms with van der Waals surface area (Å²) in [4.78, 5) is 4.14. The van der Waals surface area contributed by atoms with E-state index in [2.05, 4.69) is 11.1 Å². The van der Waals surface area contributed by atoms with Crippen LogP contribution >= 0.6 is 0 Å². The van der Waals surface area contributed by atoms with Gasteiger partial charge in [0.1, 0.15) is 0 Å². The summed E-state index contributed by atoms with van der Waals surface area (Å²) in [6.07, 6.45) is 0. The number of nitrogens with zero attached hydrogens (tertiary/aromatic N) is 1. The normalized spacial score (nSPS) is 8.22. The summed E-state index contributed by atoms with van der Waals surface area (Å²) in [5, 5.41) is 0. The van der Waals surface area contributed by atoms with E-state index in [-0.39, 0.29) is 16.8 Å². The van der Waals surface area contributed by atoms with Crippen molar-refractivity contribution in [3.8, 4) is 0 Å². The minimum Gasteiger partial charge on any atom is -0.385 e. The molecule has 0 unspecified atom stereocenters. The Labute approximate surface area is 65.7 Å². The van der Waals surface area contributed by atoms with Gasteiger partial charge < -0.3 is 4.98 Å². The van der Waals surface area contributed by atoms with E-state index in [1.54, 1.807) is 0 Å². The van der Waals surface area contributed by atoms with Crippen LogP contribution in [0.25, 0.3) is 0 Å². The van der Waals surface area contributed by atoms with E-state index in [0.717, 1.165) is 11.4 Å². The van der Waals surface area contributed by atoms with Gasteiger partial charge in [-0.05, 0) is 0 Å². The predicted molar refractivity (Wildman–Crippen MR) is 32.5 cm³/mol. The Hall–Kier alpha value is -0.344. The molecule has 0 bridgehead atoms. The van der Waals surface area contributed by atoms with Crippen LogP contribution in [0, 0.1) is 19.9 Å². The molecule has 1 aromatic heterocycles. The van der Waals surface area contributed by atoms with Gasteiger partial charge in [-0.2, -0.15) is 18.2 Å². The van der Waals surface area contributed by atoms with Crippen LogP contribution in [0.3, 0.4) is 0 Å². The topological polar surface area (TPSA) is 12.9 Å². The first-order valence-corrected chi connectivity index (χ1v) is 2.60. The van der Waals surface area contributed by atoms with Crippen molar-refractivity contribution < 1.29 is 16.8 Å². The Morgan fingerprint density at radius 2 is 1.67 bits per heavy atom. The first-order valence-electron chi connectivity index (χ1n) is 2.60. The Bertz CT molecular complexity index is 169. The van der Waals surface area contributed by atoms with Crippen molar-refractivity contribution in [3.63, 3.8) is 0 Å². The third-order valence-electron chi connectivity index (χ3n) is 0.937. The largest absolute Gasteiger partial charge is 0.385 e. The SMILES string of the molecule is Cc1c[c-]cc(C)n1.[Co]. The molecule has 1 heterocycles. The van der Waals surface area contributed by atoms with Gasteiger partial charge in [-0.25, -0.2) is 0 Å². The molecule has 0 aliphatic rings. The third-order valence-corrected chi connectivity index (χ3v) is 0.937. The molecule has 9 heavy (non-hydrogen) atoms. The molecule has 51 valence electrons. The van der Waals surface area contributed by atoms with Gasteiger partial charge in [-0.15, -0.1) is 0 Å². The van der Waals surface area contributed by atoms with E-state index in [1.807, 2.05) is 26.0 Å². The standard InChI is InChI=1S/C7H8N.Co/c1-6-4-3-5-7(2)8-6;/h4-5H,1-2H3;/q-1;. The second-order valence-electron chi connectivity index (χ2n) is 1.85. The molecular formula is C7H8CoN-. The van der Waals surface area contributed by atoms with E-state index in [0.29, 0.717) is 0 Å². The van der Waals surface area contributed by atoms with Crippen LogP contribution in [0.5, 0.6) is 0 Å². The summed E-state index contributed by atoms with van der Waals surface area (Å²) in [6.45, 7) is 3.92. The molecule has 1 aromatic rings. The second-order valence-corrected chi connectivity index (χ2v) is 1.85. The number of rotatable bonds is 0. The van der Waals surface area contributed by atoms with Crippen LogP contribution in [0.1, 0.15) is 11.4 Å². The quantitative estimate of drug-likeness (QED) is 0.531. The monoisotopic (exact) mass is 165 g/mol. The summed E-state index contributed by atoms with van der Waals surface area (Å²) in [6, 6.07) is 6.70. The summed E-state index contributed by atoms with van der Waals surface area (Å²) in [5.74, 6) is 0. The molecule has 0 saturated heterocycles. The van der Waals surface area contributed by atoms with Gasteiger partial charge in [0.2, 0.25) is 0 Å². The van der Waals surface area contributed by atoms with Crippen molar-refractivity contribution in [1.29, 1.82) is 0 Å². The minimum absolute atomic E-state index is 0. The first-order chi connectivity index (χ1) is 3.79. The van der Waals surface area contributed by atoms with E-state index in [1.165, 1.54) is 0 Å². The molecule has 0 aliphatic heterocycles. The van der Waals surface area contributed by atoms with Crippen LogP contribution < -0.4 is 0 Å². The Balaban J connectivity index is 0.000000640. The average molecular weight is 165 g/mol. The van der Waals surface area contributed by atoms with Gasteiger partial charge in [-0.3, -0.25) is 0 Å². The molecule has 0 spiro atoms. The number of hydrogen-bond acceptors (Lipinski definition) is 1. The molecule has 0 fully saturated rings. The van der Waals surface area contributed by atoms with Crippen molar-refractivity contribution >= 4 is 0 Å². The summed E-state index contributed by atoms with van der Waals surface area (Å²) in [5.41, 5.74) is 2.06. The number of pyridine rings is 1. The molecule has 2 heteroatoms. The zero-order valence-electron chi connectivity index (χ0n) is 5.44. The fraction of sp³-hybridized carbons (Fsp3) is 0.286. The molecular weight excluding hydrogens is 157 g/mol. The fourth-order valence-electron chi connectivity index (χ4n) is 0.626. The summed E-state index contributed by atoms with van der Waals surface area (Å²) < 4.78 is 0. The summed E-state index contributed by atoms with van der Waals surface area (Å²) in [7, 11) is 0. The predicted octanol–water partition coefficient (Wildman–Crippen LogP) is 1.50. The van der Waals surface area contributed by atoms with Crippen molar-refractivity contribution in [2.24, 2.45) is 0 Å². The van der Waals surface area contributed by atoms with Crippen molar-refractivity contribution in [1.82, 2.24) is 4.98 Å². The molecule has 0 aliphatic carbocycles. The molecule has 0 atom stereocenters. The molecule has 1 radical (unpaired) electrons. The maximum absolute atomic E-state index is 4.14. The zero-order valence-corrected chi connectivity index (χ0v) is 6.48.